The number of carbonyl (C=O) groups is 1. The third kappa shape index (κ3) is 6.26. The second kappa shape index (κ2) is 11.5. The van der Waals surface area contributed by atoms with Gasteiger partial charge in [-0.3, -0.25) is 4.79 Å². The van der Waals surface area contributed by atoms with Gasteiger partial charge in [-0.15, -0.1) is 12.4 Å². The van der Waals surface area contributed by atoms with E-state index in [9.17, 15) is 13.2 Å². The third-order valence-electron chi connectivity index (χ3n) is 5.50. The van der Waals surface area contributed by atoms with E-state index in [1.807, 2.05) is 0 Å². The summed E-state index contributed by atoms with van der Waals surface area (Å²) in [6.45, 7) is 5.99. The number of halogens is 2. The number of hydrogen-bond donors (Lipinski definition) is 1. The molecule has 0 spiro atoms. The highest BCUT2D eigenvalue weighted by Gasteiger charge is 2.43. The van der Waals surface area contributed by atoms with Gasteiger partial charge in [0.25, 0.3) is 0 Å². The molecular weight excluding hydrogens is 477 g/mol. The Kier molecular flexibility index (Phi) is 9.60. The van der Waals surface area contributed by atoms with Crippen LogP contribution in [0.2, 0.25) is 5.02 Å². The molecule has 3 rings (SSSR count). The van der Waals surface area contributed by atoms with Crippen molar-refractivity contribution in [2.45, 2.75) is 37.7 Å². The molecule has 2 aliphatic rings. The molecule has 1 aliphatic carbocycles. The van der Waals surface area contributed by atoms with Gasteiger partial charge in [0.15, 0.2) is 0 Å². The molecule has 32 heavy (non-hydrogen) atoms. The number of esters is 1. The average molecular weight is 506 g/mol. The number of allylic oxidation sites excluding steroid dienone is 1. The summed E-state index contributed by atoms with van der Waals surface area (Å²) in [5.74, 6) is -0.00828. The first-order valence-electron chi connectivity index (χ1n) is 10.4. The van der Waals surface area contributed by atoms with Crippen molar-refractivity contribution in [3.63, 3.8) is 0 Å². The summed E-state index contributed by atoms with van der Waals surface area (Å²) in [4.78, 5) is 12.5. The summed E-state index contributed by atoms with van der Waals surface area (Å²) in [6, 6.07) is 6.05. The Labute approximate surface area is 200 Å². The number of ether oxygens (including phenoxy) is 2. The van der Waals surface area contributed by atoms with Gasteiger partial charge in [-0.05, 0) is 70.0 Å². The molecule has 178 valence electrons. The largest absolute Gasteiger partial charge is 0.465 e. The molecule has 1 aliphatic heterocycles. The Hall–Kier alpha value is -1.58. The van der Waals surface area contributed by atoms with Crippen LogP contribution in [0.4, 0.5) is 0 Å². The first-order chi connectivity index (χ1) is 14.8. The molecule has 0 saturated carbocycles. The fraction of sp³-hybridized carbons (Fsp3) is 0.500. The van der Waals surface area contributed by atoms with Crippen molar-refractivity contribution in [3.05, 3.63) is 53.3 Å². The van der Waals surface area contributed by atoms with Crippen LogP contribution in [0, 0.1) is 11.3 Å². The van der Waals surface area contributed by atoms with Crippen LogP contribution in [-0.2, 0) is 28.6 Å². The lowest BCUT2D eigenvalue weighted by molar-refractivity contribution is -0.158. The van der Waals surface area contributed by atoms with E-state index >= 15 is 0 Å². The van der Waals surface area contributed by atoms with Gasteiger partial charge < -0.3 is 19.0 Å². The predicted molar refractivity (Wildman–Crippen MR) is 124 cm³/mol. The van der Waals surface area contributed by atoms with E-state index in [0.29, 0.717) is 12.5 Å². The van der Waals surface area contributed by atoms with Crippen molar-refractivity contribution < 1.29 is 26.9 Å². The van der Waals surface area contributed by atoms with Crippen LogP contribution in [0.25, 0.3) is 0 Å². The molecule has 2 atom stereocenters. The second-order valence-corrected chi connectivity index (χ2v) is 9.74. The highest BCUT2D eigenvalue weighted by Crippen LogP contribution is 2.36. The normalized spacial score (nSPS) is 23.7. The molecule has 1 N–H and O–H groups in total. The molecular formula is C22H29Cl2NO6S. The number of rotatable bonds is 8. The van der Waals surface area contributed by atoms with Gasteiger partial charge in [0, 0.05) is 0 Å². The summed E-state index contributed by atoms with van der Waals surface area (Å²) in [5.41, 5.74) is -1.09. The number of nitrogens with one attached hydrogen (secondary N) is 1. The maximum atomic E-state index is 12.7. The molecule has 1 fully saturated rings. The molecule has 1 heterocycles. The van der Waals surface area contributed by atoms with Crippen molar-refractivity contribution >= 4 is 40.1 Å². The molecule has 1 saturated heterocycles. The Morgan fingerprint density at radius 2 is 1.94 bits per heavy atom. The molecule has 0 aromatic heterocycles. The lowest BCUT2D eigenvalue weighted by Gasteiger charge is -2.35. The Balaban J connectivity index is 0.00000363. The monoisotopic (exact) mass is 505 g/mol. The van der Waals surface area contributed by atoms with Crippen molar-refractivity contribution in [2.24, 2.45) is 11.3 Å². The summed E-state index contributed by atoms with van der Waals surface area (Å²) >= 11 is 6.02. The molecule has 1 aromatic rings. The van der Waals surface area contributed by atoms with Gasteiger partial charge in [-0.2, -0.15) is 8.42 Å². The van der Waals surface area contributed by atoms with Crippen LogP contribution in [0.3, 0.4) is 0 Å². The maximum Gasteiger partial charge on any atom is 0.340 e. The van der Waals surface area contributed by atoms with Crippen LogP contribution in [0.15, 0.2) is 53.1 Å². The Morgan fingerprint density at radius 3 is 2.59 bits per heavy atom. The Bertz CT molecular complexity index is 959. The van der Waals surface area contributed by atoms with Crippen LogP contribution >= 0.6 is 24.0 Å². The summed E-state index contributed by atoms with van der Waals surface area (Å²) < 4.78 is 42.1. The molecule has 7 nitrogen and oxygen atoms in total. The SMILES string of the molecule is CCOC(=O)C1(C)C=CC(OS(=O)(=O)c2ccccc2Cl)=CC1OCC1CCNCC1.Cl. The van der Waals surface area contributed by atoms with E-state index in [-0.39, 0.29) is 34.7 Å². The lowest BCUT2D eigenvalue weighted by atomic mass is 9.80. The minimum absolute atomic E-state index is 0. The minimum Gasteiger partial charge on any atom is -0.465 e. The van der Waals surface area contributed by atoms with Crippen molar-refractivity contribution in [2.75, 3.05) is 26.3 Å². The van der Waals surface area contributed by atoms with E-state index < -0.39 is 27.6 Å². The van der Waals surface area contributed by atoms with Gasteiger partial charge in [0.2, 0.25) is 0 Å². The molecule has 0 bridgehead atoms. The van der Waals surface area contributed by atoms with Gasteiger partial charge in [0.05, 0.1) is 24.3 Å². The Morgan fingerprint density at radius 1 is 1.25 bits per heavy atom. The highest BCUT2D eigenvalue weighted by atomic mass is 35.5. The third-order valence-corrected chi connectivity index (χ3v) is 7.25. The molecule has 10 heteroatoms. The summed E-state index contributed by atoms with van der Waals surface area (Å²) in [6.07, 6.45) is 5.78. The van der Waals surface area contributed by atoms with Gasteiger partial charge in [-0.25, -0.2) is 0 Å². The van der Waals surface area contributed by atoms with Crippen LogP contribution in [0.5, 0.6) is 0 Å². The number of benzene rings is 1. The minimum atomic E-state index is -4.15. The topological polar surface area (TPSA) is 90.9 Å². The highest BCUT2D eigenvalue weighted by molar-refractivity contribution is 7.87. The number of hydrogen-bond acceptors (Lipinski definition) is 7. The fourth-order valence-corrected chi connectivity index (χ4v) is 5.01. The molecule has 2 unspecified atom stereocenters. The molecule has 0 amide bonds. The summed E-state index contributed by atoms with van der Waals surface area (Å²) in [5, 5.41) is 3.37. The van der Waals surface area contributed by atoms with E-state index in [2.05, 4.69) is 5.32 Å². The first-order valence-corrected chi connectivity index (χ1v) is 12.1. The van der Waals surface area contributed by atoms with Crippen molar-refractivity contribution in [3.8, 4) is 0 Å². The van der Waals surface area contributed by atoms with E-state index in [0.717, 1.165) is 25.9 Å². The molecule has 1 aromatic carbocycles. The fourth-order valence-electron chi connectivity index (χ4n) is 3.58. The summed E-state index contributed by atoms with van der Waals surface area (Å²) in [7, 11) is -4.15. The van der Waals surface area contributed by atoms with E-state index in [1.54, 1.807) is 32.1 Å². The maximum absolute atomic E-state index is 12.7. The quantitative estimate of drug-likeness (QED) is 0.423. The first kappa shape index (κ1) is 26.7. The number of carbonyl (C=O) groups excluding carboxylic acids is 1. The van der Waals surface area contributed by atoms with Gasteiger partial charge in [-0.1, -0.05) is 29.8 Å². The van der Waals surface area contributed by atoms with Crippen molar-refractivity contribution in [1.29, 1.82) is 0 Å². The standard InChI is InChI=1S/C22H28ClNO6S.ClH/c1-3-28-21(25)22(2)11-8-17(14-20(22)29-15-16-9-12-24-13-10-16)30-31(26,27)19-7-5-4-6-18(19)23;/h4-8,11,14,16,20,24H,3,9-10,12-13,15H2,1-2H3;1H. The van der Waals surface area contributed by atoms with Crippen molar-refractivity contribution in [1.82, 2.24) is 5.32 Å². The van der Waals surface area contributed by atoms with E-state index in [4.69, 9.17) is 25.3 Å². The van der Waals surface area contributed by atoms with Crippen LogP contribution in [0.1, 0.15) is 26.7 Å². The zero-order valence-electron chi connectivity index (χ0n) is 18.1. The zero-order valence-corrected chi connectivity index (χ0v) is 20.5. The number of piperidine rings is 1. The molecule has 0 radical (unpaired) electrons. The van der Waals surface area contributed by atoms with Gasteiger partial charge in [0.1, 0.15) is 16.1 Å². The predicted octanol–water partition coefficient (Wildman–Crippen LogP) is 3.88. The lowest BCUT2D eigenvalue weighted by Crippen LogP contribution is -2.43. The van der Waals surface area contributed by atoms with Crippen LogP contribution < -0.4 is 5.32 Å². The smallest absolute Gasteiger partial charge is 0.340 e. The van der Waals surface area contributed by atoms with Crippen LogP contribution in [-0.4, -0.2) is 46.8 Å². The second-order valence-electron chi connectivity index (χ2n) is 7.82. The van der Waals surface area contributed by atoms with E-state index in [1.165, 1.54) is 24.3 Å². The van der Waals surface area contributed by atoms with Gasteiger partial charge >= 0.3 is 16.1 Å². The average Bonchev–Trinajstić information content (AvgIpc) is 2.75. The zero-order chi connectivity index (χ0) is 22.5.